The lowest BCUT2D eigenvalue weighted by molar-refractivity contribution is 0.307. The number of hydrogen-bond donors (Lipinski definition) is 0. The van der Waals surface area contributed by atoms with Gasteiger partial charge in [-0.25, -0.2) is 0 Å². The predicted octanol–water partition coefficient (Wildman–Crippen LogP) is 4.15. The largest absolute Gasteiger partial charge is 0.488 e. The second kappa shape index (κ2) is 5.99. The van der Waals surface area contributed by atoms with Crippen LogP contribution in [0, 0.1) is 0 Å². The summed E-state index contributed by atoms with van der Waals surface area (Å²) in [6.07, 6.45) is 4.02. The van der Waals surface area contributed by atoms with Crippen molar-refractivity contribution in [3.05, 3.63) is 63.9 Å². The molecule has 118 valence electrons. The molecule has 2 aliphatic heterocycles. The molecule has 0 radical (unpaired) electrons. The summed E-state index contributed by atoms with van der Waals surface area (Å²) in [5, 5.41) is 0.704. The molecular formula is C19H19ClN2O. The smallest absolute Gasteiger partial charge is 0.129 e. The summed E-state index contributed by atoms with van der Waals surface area (Å²) in [5.74, 6) is 0.858. The molecule has 0 bridgehead atoms. The van der Waals surface area contributed by atoms with Crippen LogP contribution in [-0.4, -0.2) is 30.0 Å². The van der Waals surface area contributed by atoms with Crippen molar-refractivity contribution in [2.24, 2.45) is 0 Å². The van der Waals surface area contributed by atoms with Crippen molar-refractivity contribution in [1.29, 1.82) is 0 Å². The van der Waals surface area contributed by atoms with Crippen LogP contribution in [0.25, 0.3) is 5.57 Å². The number of benzene rings is 1. The fourth-order valence-electron chi connectivity index (χ4n) is 3.38. The Balaban J connectivity index is 1.94. The van der Waals surface area contributed by atoms with E-state index < -0.39 is 0 Å². The Labute approximate surface area is 141 Å². The van der Waals surface area contributed by atoms with E-state index in [4.69, 9.17) is 21.3 Å². The first-order valence-electron chi connectivity index (χ1n) is 8.00. The maximum atomic E-state index is 6.18. The lowest BCUT2D eigenvalue weighted by Gasteiger charge is -2.26. The van der Waals surface area contributed by atoms with Gasteiger partial charge in [0.1, 0.15) is 12.4 Å². The Morgan fingerprint density at radius 1 is 1.17 bits per heavy atom. The molecule has 3 heterocycles. The number of piperidine rings is 1. The van der Waals surface area contributed by atoms with E-state index >= 15 is 0 Å². The molecule has 4 heteroatoms. The van der Waals surface area contributed by atoms with Crippen LogP contribution in [0.1, 0.15) is 29.7 Å². The van der Waals surface area contributed by atoms with Gasteiger partial charge < -0.3 is 9.64 Å². The third-order valence-corrected chi connectivity index (χ3v) is 4.90. The lowest BCUT2D eigenvalue weighted by Crippen LogP contribution is -2.27. The Morgan fingerprint density at radius 2 is 2.00 bits per heavy atom. The molecule has 2 aliphatic rings. The summed E-state index contributed by atoms with van der Waals surface area (Å²) in [6.45, 7) is 2.71. The van der Waals surface area contributed by atoms with E-state index in [1.54, 1.807) is 0 Å². The number of aromatic nitrogens is 1. The topological polar surface area (TPSA) is 25.4 Å². The highest BCUT2D eigenvalue weighted by atomic mass is 35.5. The van der Waals surface area contributed by atoms with Gasteiger partial charge in [0.2, 0.25) is 0 Å². The summed E-state index contributed by atoms with van der Waals surface area (Å²) in [7, 11) is 2.18. The van der Waals surface area contributed by atoms with Crippen molar-refractivity contribution in [1.82, 2.24) is 9.88 Å². The van der Waals surface area contributed by atoms with E-state index in [1.807, 2.05) is 24.4 Å². The van der Waals surface area contributed by atoms with Gasteiger partial charge in [-0.1, -0.05) is 23.2 Å². The molecule has 0 atom stereocenters. The second-order valence-corrected chi connectivity index (χ2v) is 6.66. The standard InChI is InChI=1S/C19H19ClN2O/c1-22-9-6-13(7-10-22)18-16-5-4-15(20)11-17(16)23-12-14-3-2-8-21-19(14)18/h2-5,8,11H,6-7,9-10,12H2,1H3. The van der Waals surface area contributed by atoms with Crippen LogP contribution in [-0.2, 0) is 6.61 Å². The van der Waals surface area contributed by atoms with Crippen LogP contribution < -0.4 is 4.74 Å². The molecular weight excluding hydrogens is 308 g/mol. The van der Waals surface area contributed by atoms with Gasteiger partial charge in [0.05, 0.1) is 5.69 Å². The Kier molecular flexibility index (Phi) is 3.83. The van der Waals surface area contributed by atoms with E-state index in [1.165, 1.54) is 11.1 Å². The monoisotopic (exact) mass is 326 g/mol. The molecule has 2 aromatic rings. The molecule has 23 heavy (non-hydrogen) atoms. The van der Waals surface area contributed by atoms with Crippen molar-refractivity contribution in [2.45, 2.75) is 19.4 Å². The minimum Gasteiger partial charge on any atom is -0.488 e. The summed E-state index contributed by atoms with van der Waals surface area (Å²) in [6, 6.07) is 10.0. The Bertz CT molecular complexity index is 775. The molecule has 1 aromatic carbocycles. The third-order valence-electron chi connectivity index (χ3n) is 4.67. The van der Waals surface area contributed by atoms with Gasteiger partial charge in [-0.3, -0.25) is 4.98 Å². The number of halogens is 1. The molecule has 3 nitrogen and oxygen atoms in total. The van der Waals surface area contributed by atoms with Gasteiger partial charge in [-0.05, 0) is 44.2 Å². The maximum Gasteiger partial charge on any atom is 0.129 e. The van der Waals surface area contributed by atoms with Crippen LogP contribution in [0.4, 0.5) is 0 Å². The normalized spacial score (nSPS) is 18.0. The summed E-state index contributed by atoms with van der Waals surface area (Å²) in [5.41, 5.74) is 6.04. The first-order valence-corrected chi connectivity index (χ1v) is 8.38. The Morgan fingerprint density at radius 3 is 2.83 bits per heavy atom. The zero-order valence-corrected chi connectivity index (χ0v) is 13.9. The maximum absolute atomic E-state index is 6.18. The average molecular weight is 327 g/mol. The van der Waals surface area contributed by atoms with E-state index in [-0.39, 0.29) is 0 Å². The lowest BCUT2D eigenvalue weighted by atomic mass is 9.89. The minimum absolute atomic E-state index is 0.535. The molecule has 1 aromatic heterocycles. The number of ether oxygens (including phenoxy) is 1. The van der Waals surface area contributed by atoms with E-state index in [0.717, 1.165) is 48.5 Å². The Hall–Kier alpha value is -1.84. The first-order chi connectivity index (χ1) is 11.2. The van der Waals surface area contributed by atoms with E-state index in [0.29, 0.717) is 11.6 Å². The number of rotatable bonds is 0. The van der Waals surface area contributed by atoms with Crippen molar-refractivity contribution >= 4 is 17.2 Å². The van der Waals surface area contributed by atoms with Crippen molar-refractivity contribution < 1.29 is 4.74 Å². The number of hydrogen-bond acceptors (Lipinski definition) is 3. The molecule has 0 N–H and O–H groups in total. The van der Waals surface area contributed by atoms with Crippen LogP contribution in [0.5, 0.6) is 5.75 Å². The molecule has 0 spiro atoms. The van der Waals surface area contributed by atoms with Crippen molar-refractivity contribution in [3.8, 4) is 5.75 Å². The first kappa shape index (κ1) is 14.7. The quantitative estimate of drug-likeness (QED) is 0.727. The van der Waals surface area contributed by atoms with Crippen LogP contribution >= 0.6 is 11.6 Å². The van der Waals surface area contributed by atoms with Gasteiger partial charge in [0.25, 0.3) is 0 Å². The molecule has 1 fully saturated rings. The van der Waals surface area contributed by atoms with E-state index in [9.17, 15) is 0 Å². The molecule has 4 rings (SSSR count). The summed E-state index contributed by atoms with van der Waals surface area (Å²) < 4.78 is 6.03. The van der Waals surface area contributed by atoms with Crippen molar-refractivity contribution in [3.63, 3.8) is 0 Å². The van der Waals surface area contributed by atoms with Gasteiger partial charge in [-0.2, -0.15) is 0 Å². The van der Waals surface area contributed by atoms with E-state index in [2.05, 4.69) is 24.1 Å². The van der Waals surface area contributed by atoms with Gasteiger partial charge in [0.15, 0.2) is 0 Å². The highest BCUT2D eigenvalue weighted by molar-refractivity contribution is 6.30. The molecule has 0 saturated carbocycles. The zero-order chi connectivity index (χ0) is 15.8. The van der Waals surface area contributed by atoms with Gasteiger partial charge in [0, 0.05) is 41.0 Å². The van der Waals surface area contributed by atoms with Crippen LogP contribution in [0.2, 0.25) is 5.02 Å². The highest BCUT2D eigenvalue weighted by Crippen LogP contribution is 2.40. The molecule has 1 saturated heterocycles. The zero-order valence-electron chi connectivity index (χ0n) is 13.2. The summed E-state index contributed by atoms with van der Waals surface area (Å²) in [4.78, 5) is 7.07. The predicted molar refractivity (Wildman–Crippen MR) is 92.8 cm³/mol. The fourth-order valence-corrected chi connectivity index (χ4v) is 3.54. The third kappa shape index (κ3) is 2.75. The fraction of sp³-hybridized carbons (Fsp3) is 0.316. The molecule has 0 unspecified atom stereocenters. The number of nitrogens with zero attached hydrogens (tertiary/aromatic N) is 2. The average Bonchev–Trinajstić information content (AvgIpc) is 2.72. The summed E-state index contributed by atoms with van der Waals surface area (Å²) >= 11 is 6.18. The molecule has 0 aliphatic carbocycles. The number of pyridine rings is 1. The number of fused-ring (bicyclic) bond motifs is 2. The van der Waals surface area contributed by atoms with Gasteiger partial charge >= 0.3 is 0 Å². The SMILES string of the molecule is CN1CCC(=C2c3ccc(Cl)cc3OCc3cccnc32)CC1. The van der Waals surface area contributed by atoms with Gasteiger partial charge in [-0.15, -0.1) is 0 Å². The van der Waals surface area contributed by atoms with Crippen molar-refractivity contribution in [2.75, 3.05) is 20.1 Å². The van der Waals surface area contributed by atoms with Crippen LogP contribution in [0.15, 0.2) is 42.1 Å². The van der Waals surface area contributed by atoms with Crippen LogP contribution in [0.3, 0.4) is 0 Å². The number of likely N-dealkylation sites (tertiary alicyclic amines) is 1. The second-order valence-electron chi connectivity index (χ2n) is 6.22. The highest BCUT2D eigenvalue weighted by Gasteiger charge is 2.25. The molecule has 0 amide bonds. The minimum atomic E-state index is 0.535.